The maximum absolute atomic E-state index is 14.5. The number of rotatable bonds is 29. The maximum atomic E-state index is 14.5. The SMILES string of the molecule is CC[C@H](C)[C@H](NC(=O)[C@H]1CCCCN1C)C(=O)N(C)C(C[C@@H](OC(C)=O)c1nc(C(=O)N[C@H]2Cc3ccc(F)cc3[C@H](C(=O)NNC(=O)OCCSSCCCCCCCCCCCN)C2)cs1)C(C)C. The third-order valence-electron chi connectivity index (χ3n) is 13.6. The van der Waals surface area contributed by atoms with Gasteiger partial charge in [0.1, 0.15) is 29.2 Å². The van der Waals surface area contributed by atoms with E-state index in [-0.39, 0.29) is 54.8 Å². The Balaban J connectivity index is 1.31. The summed E-state index contributed by atoms with van der Waals surface area (Å²) in [5.74, 6) is -2.12. The van der Waals surface area contributed by atoms with Crippen LogP contribution in [0.5, 0.6) is 0 Å². The van der Waals surface area contributed by atoms with Crippen LogP contribution in [0.25, 0.3) is 0 Å². The standard InChI is InChI=1S/C51H81FN8O8S3/c1-8-34(4)45(56-48(64)42-20-16-18-24-59(42)6)50(65)60(7)43(33(2)3)31-44(68-35(5)61)49-55-41(32-69-49)47(63)54-38-28-36-21-22-37(52)29-39(36)40(30-38)46(62)57-58-51(66)67-25-27-71-70-26-19-15-13-11-9-10-12-14-17-23-53/h21-22,29,32-34,38,40,42-45H,8-20,23-28,30-31,53H2,1-7H3,(H,54,63)(H,56,64)(H,57,62)(H,58,66)/t34-,38-,40+,42+,43?,44+,45-/m0/s1. The zero-order valence-electron chi connectivity index (χ0n) is 43.1. The molecule has 1 aliphatic carbocycles. The average molecular weight is 1050 g/mol. The normalized spacial score (nSPS) is 18.6. The Morgan fingerprint density at radius 2 is 1.65 bits per heavy atom. The van der Waals surface area contributed by atoms with Crippen LogP contribution in [0.4, 0.5) is 9.18 Å². The summed E-state index contributed by atoms with van der Waals surface area (Å²) in [5, 5.41) is 7.99. The number of hydrogen-bond donors (Lipinski definition) is 5. The Morgan fingerprint density at radius 1 is 0.958 bits per heavy atom. The molecule has 0 saturated carbocycles. The fourth-order valence-electron chi connectivity index (χ4n) is 9.28. The van der Waals surface area contributed by atoms with Crippen molar-refractivity contribution in [2.45, 2.75) is 174 Å². The zero-order valence-corrected chi connectivity index (χ0v) is 45.5. The second-order valence-electron chi connectivity index (χ2n) is 19.4. The van der Waals surface area contributed by atoms with Crippen molar-refractivity contribution in [2.75, 3.05) is 45.3 Å². The van der Waals surface area contributed by atoms with Gasteiger partial charge in [-0.3, -0.25) is 34.3 Å². The number of unbranched alkanes of at least 4 members (excludes halogenated alkanes) is 8. The number of fused-ring (bicyclic) bond motifs is 1. The minimum atomic E-state index is -0.915. The lowest BCUT2D eigenvalue weighted by molar-refractivity contribution is -0.149. The van der Waals surface area contributed by atoms with E-state index in [1.54, 1.807) is 45.0 Å². The van der Waals surface area contributed by atoms with Crippen molar-refractivity contribution in [1.29, 1.82) is 0 Å². The Hall–Kier alpha value is -3.98. The fraction of sp³-hybridized carbons (Fsp3) is 0.706. The van der Waals surface area contributed by atoms with Crippen molar-refractivity contribution in [3.05, 3.63) is 51.2 Å². The van der Waals surface area contributed by atoms with Crippen molar-refractivity contribution < 1.29 is 42.6 Å². The molecule has 6 N–H and O–H groups in total. The highest BCUT2D eigenvalue weighted by molar-refractivity contribution is 8.76. The number of carbonyl (C=O) groups is 6. The molecular formula is C51H81FN8O8S3. The summed E-state index contributed by atoms with van der Waals surface area (Å²) in [6, 6.07) is 2.11. The first-order valence-electron chi connectivity index (χ1n) is 25.7. The summed E-state index contributed by atoms with van der Waals surface area (Å²) < 4.78 is 25.6. The molecule has 1 aliphatic heterocycles. The van der Waals surface area contributed by atoms with E-state index in [1.165, 1.54) is 64.0 Å². The van der Waals surface area contributed by atoms with E-state index >= 15 is 0 Å². The Kier molecular flexibility index (Phi) is 26.5. The van der Waals surface area contributed by atoms with Gasteiger partial charge in [0.2, 0.25) is 17.7 Å². The van der Waals surface area contributed by atoms with Crippen LogP contribution in [0.3, 0.4) is 0 Å². The Labute approximate surface area is 433 Å². The lowest BCUT2D eigenvalue weighted by Gasteiger charge is -2.38. The van der Waals surface area contributed by atoms with Crippen molar-refractivity contribution >= 4 is 68.6 Å². The highest BCUT2D eigenvalue weighted by atomic mass is 33.1. The number of nitrogens with zero attached hydrogens (tertiary/aromatic N) is 3. The smallest absolute Gasteiger partial charge is 0.426 e. The lowest BCUT2D eigenvalue weighted by Crippen LogP contribution is -2.58. The van der Waals surface area contributed by atoms with Gasteiger partial charge in [-0.25, -0.2) is 19.6 Å². The van der Waals surface area contributed by atoms with E-state index < -0.39 is 59.8 Å². The van der Waals surface area contributed by atoms with Gasteiger partial charge in [0, 0.05) is 49.4 Å². The first-order valence-corrected chi connectivity index (χ1v) is 29.1. The number of benzene rings is 1. The number of nitrogens with one attached hydrogen (secondary N) is 4. The second kappa shape index (κ2) is 31.6. The van der Waals surface area contributed by atoms with Crippen molar-refractivity contribution in [1.82, 2.24) is 36.3 Å². The van der Waals surface area contributed by atoms with E-state index in [4.69, 9.17) is 15.2 Å². The van der Waals surface area contributed by atoms with E-state index in [0.29, 0.717) is 34.7 Å². The number of nitrogens with two attached hydrogens (primary N) is 1. The van der Waals surface area contributed by atoms with Crippen LogP contribution in [-0.2, 0) is 35.1 Å². The monoisotopic (exact) mass is 1050 g/mol. The number of amides is 5. The van der Waals surface area contributed by atoms with Crippen LogP contribution < -0.4 is 27.2 Å². The molecule has 71 heavy (non-hydrogen) atoms. The maximum Gasteiger partial charge on any atom is 0.426 e. The van der Waals surface area contributed by atoms with Gasteiger partial charge in [0.25, 0.3) is 5.91 Å². The number of carbonyl (C=O) groups excluding carboxylic acids is 6. The summed E-state index contributed by atoms with van der Waals surface area (Å²) in [4.78, 5) is 88.5. The highest BCUT2D eigenvalue weighted by Gasteiger charge is 2.38. The largest absolute Gasteiger partial charge is 0.455 e. The van der Waals surface area contributed by atoms with E-state index in [0.717, 1.165) is 62.3 Å². The van der Waals surface area contributed by atoms with Gasteiger partial charge in [0.05, 0.1) is 12.0 Å². The molecule has 7 atom stereocenters. The van der Waals surface area contributed by atoms with Gasteiger partial charge in [-0.15, -0.1) is 11.3 Å². The van der Waals surface area contributed by atoms with Crippen LogP contribution in [0.2, 0.25) is 0 Å². The molecule has 4 rings (SSSR count). The Morgan fingerprint density at radius 3 is 2.31 bits per heavy atom. The number of hydrazine groups is 1. The van der Waals surface area contributed by atoms with Gasteiger partial charge >= 0.3 is 12.1 Å². The molecule has 0 radical (unpaired) electrons. The zero-order chi connectivity index (χ0) is 51.9. The molecule has 0 spiro atoms. The summed E-state index contributed by atoms with van der Waals surface area (Å²) in [6.07, 6.45) is 13.3. The minimum absolute atomic E-state index is 0.0719. The molecule has 2 aliphatic rings. The number of likely N-dealkylation sites (N-methyl/N-ethyl adjacent to an activating group) is 2. The van der Waals surface area contributed by atoms with Crippen molar-refractivity contribution in [2.24, 2.45) is 17.6 Å². The molecular weight excluding hydrogens is 968 g/mol. The fourth-order valence-corrected chi connectivity index (χ4v) is 12.1. The molecule has 0 bridgehead atoms. The van der Waals surface area contributed by atoms with Crippen LogP contribution in [-0.4, -0.2) is 120 Å². The topological polar surface area (TPSA) is 214 Å². The van der Waals surface area contributed by atoms with Crippen LogP contribution in [0, 0.1) is 17.7 Å². The van der Waals surface area contributed by atoms with Crippen LogP contribution in [0.15, 0.2) is 23.6 Å². The van der Waals surface area contributed by atoms with E-state index in [1.807, 2.05) is 39.6 Å². The highest BCUT2D eigenvalue weighted by Crippen LogP contribution is 2.34. The van der Waals surface area contributed by atoms with Gasteiger partial charge < -0.3 is 30.7 Å². The van der Waals surface area contributed by atoms with Crippen molar-refractivity contribution in [3.63, 3.8) is 0 Å². The summed E-state index contributed by atoms with van der Waals surface area (Å²) >= 11 is 1.15. The number of piperidine rings is 1. The van der Waals surface area contributed by atoms with Gasteiger partial charge in [-0.1, -0.05) is 113 Å². The third kappa shape index (κ3) is 19.8. The van der Waals surface area contributed by atoms with Crippen molar-refractivity contribution in [3.8, 4) is 0 Å². The first-order chi connectivity index (χ1) is 34.0. The third-order valence-corrected chi connectivity index (χ3v) is 17.0. The number of thiazole rings is 1. The summed E-state index contributed by atoms with van der Waals surface area (Å²) in [5.41, 5.74) is 11.5. The molecule has 20 heteroatoms. The molecule has 1 saturated heterocycles. The molecule has 1 fully saturated rings. The lowest BCUT2D eigenvalue weighted by atomic mass is 9.79. The van der Waals surface area contributed by atoms with Gasteiger partial charge in [-0.2, -0.15) is 0 Å². The number of halogens is 1. The molecule has 398 valence electrons. The second-order valence-corrected chi connectivity index (χ2v) is 23.0. The molecule has 1 unspecified atom stereocenters. The van der Waals surface area contributed by atoms with Gasteiger partial charge in [-0.05, 0) is 93.8 Å². The summed E-state index contributed by atoms with van der Waals surface area (Å²) in [6.45, 7) is 10.9. The van der Waals surface area contributed by atoms with E-state index in [2.05, 4.69) is 26.5 Å². The first kappa shape index (κ1) is 59.6. The average Bonchev–Trinajstić information content (AvgIpc) is 3.85. The molecule has 1 aromatic carbocycles. The summed E-state index contributed by atoms with van der Waals surface area (Å²) in [7, 11) is 7.02. The molecule has 2 heterocycles. The number of likely N-dealkylation sites (tertiary alicyclic amines) is 1. The van der Waals surface area contributed by atoms with E-state index in [9.17, 15) is 33.2 Å². The number of hydrogen-bond acceptors (Lipinski definition) is 14. The molecule has 5 amide bonds. The van der Waals surface area contributed by atoms with Crippen LogP contribution >= 0.6 is 32.9 Å². The van der Waals surface area contributed by atoms with Crippen LogP contribution in [0.1, 0.15) is 170 Å². The quantitative estimate of drug-likeness (QED) is 0.0225. The predicted octanol–water partition coefficient (Wildman–Crippen LogP) is 8.21. The minimum Gasteiger partial charge on any atom is -0.455 e. The predicted molar refractivity (Wildman–Crippen MR) is 281 cm³/mol. The number of aromatic nitrogens is 1. The number of ether oxygens (including phenoxy) is 2. The molecule has 16 nitrogen and oxygen atoms in total. The molecule has 1 aromatic heterocycles. The van der Waals surface area contributed by atoms with Gasteiger partial charge in [0.15, 0.2) is 6.10 Å². The molecule has 2 aromatic rings. The number of esters is 1. The Bertz CT molecular complexity index is 2010.